The minimum atomic E-state index is -0.636. The van der Waals surface area contributed by atoms with Gasteiger partial charge in [-0.3, -0.25) is 9.59 Å². The smallest absolute Gasteiger partial charge is 0.299 e. The molecule has 3 nitrogen and oxygen atoms in total. The molecule has 2 aromatic carbocycles. The highest BCUT2D eigenvalue weighted by Gasteiger charge is 2.37. The molecule has 0 atom stereocenters. The Kier molecular flexibility index (Phi) is 3.52. The second kappa shape index (κ2) is 5.48. The van der Waals surface area contributed by atoms with E-state index in [0.29, 0.717) is 13.0 Å². The van der Waals surface area contributed by atoms with Crippen molar-refractivity contribution >= 4 is 17.4 Å². The first-order chi connectivity index (χ1) is 10.2. The first-order valence-electron chi connectivity index (χ1n) is 6.87. The van der Waals surface area contributed by atoms with Crippen LogP contribution in [0.25, 0.3) is 0 Å². The average Bonchev–Trinajstić information content (AvgIpc) is 2.75. The molecule has 0 N–H and O–H groups in total. The summed E-state index contributed by atoms with van der Waals surface area (Å²) in [5.41, 5.74) is 1.45. The number of rotatable bonds is 4. The zero-order valence-corrected chi connectivity index (χ0v) is 11.4. The minimum Gasteiger partial charge on any atom is -0.302 e. The van der Waals surface area contributed by atoms with Crippen LogP contribution in [-0.2, 0) is 11.2 Å². The van der Waals surface area contributed by atoms with E-state index in [1.807, 2.05) is 30.3 Å². The van der Waals surface area contributed by atoms with E-state index in [1.54, 1.807) is 0 Å². The molecule has 1 aliphatic rings. The fourth-order valence-electron chi connectivity index (χ4n) is 2.61. The van der Waals surface area contributed by atoms with E-state index >= 15 is 0 Å². The van der Waals surface area contributed by atoms with Crippen LogP contribution in [0.3, 0.4) is 0 Å². The maximum Gasteiger partial charge on any atom is 0.299 e. The van der Waals surface area contributed by atoms with Gasteiger partial charge in [-0.05, 0) is 30.5 Å². The van der Waals surface area contributed by atoms with E-state index in [-0.39, 0.29) is 11.3 Å². The Labute approximate surface area is 122 Å². The normalized spacial score (nSPS) is 13.7. The van der Waals surface area contributed by atoms with Gasteiger partial charge in [0.1, 0.15) is 5.82 Å². The molecule has 1 amide bonds. The predicted molar refractivity (Wildman–Crippen MR) is 77.8 cm³/mol. The molecule has 3 rings (SSSR count). The summed E-state index contributed by atoms with van der Waals surface area (Å²) in [6, 6.07) is 14.1. The van der Waals surface area contributed by atoms with E-state index in [0.717, 1.165) is 12.0 Å². The largest absolute Gasteiger partial charge is 0.302 e. The summed E-state index contributed by atoms with van der Waals surface area (Å²) in [7, 11) is 0. The maximum atomic E-state index is 13.9. The number of halogens is 1. The van der Waals surface area contributed by atoms with Crippen molar-refractivity contribution in [2.24, 2.45) is 0 Å². The Morgan fingerprint density at radius 2 is 1.71 bits per heavy atom. The number of amides is 1. The van der Waals surface area contributed by atoms with Gasteiger partial charge < -0.3 is 4.90 Å². The van der Waals surface area contributed by atoms with Crippen LogP contribution < -0.4 is 4.90 Å². The molecule has 106 valence electrons. The molecule has 0 aliphatic carbocycles. The van der Waals surface area contributed by atoms with Crippen molar-refractivity contribution in [3.8, 4) is 0 Å². The fraction of sp³-hybridized carbons (Fsp3) is 0.176. The molecular weight excluding hydrogens is 269 g/mol. The number of carbonyl (C=O) groups is 2. The lowest BCUT2D eigenvalue weighted by molar-refractivity contribution is -0.114. The number of anilines is 1. The summed E-state index contributed by atoms with van der Waals surface area (Å²) < 4.78 is 13.9. The number of para-hydroxylation sites is 1. The second-order valence-electron chi connectivity index (χ2n) is 5.01. The summed E-state index contributed by atoms with van der Waals surface area (Å²) in [6.07, 6.45) is 1.46. The van der Waals surface area contributed by atoms with Gasteiger partial charge in [-0.25, -0.2) is 4.39 Å². The lowest BCUT2D eigenvalue weighted by Gasteiger charge is -2.16. The summed E-state index contributed by atoms with van der Waals surface area (Å²) >= 11 is 0. The lowest BCUT2D eigenvalue weighted by atomic mass is 10.1. The molecule has 4 heteroatoms. The lowest BCUT2D eigenvalue weighted by Crippen LogP contribution is -2.31. The first kappa shape index (κ1) is 13.5. The van der Waals surface area contributed by atoms with Crippen molar-refractivity contribution in [3.05, 3.63) is 65.5 Å². The Hall–Kier alpha value is -2.49. The number of aryl methyl sites for hydroxylation is 1. The van der Waals surface area contributed by atoms with Gasteiger partial charge >= 0.3 is 0 Å². The number of benzene rings is 2. The second-order valence-corrected chi connectivity index (χ2v) is 5.01. The van der Waals surface area contributed by atoms with Crippen LogP contribution in [0.2, 0.25) is 0 Å². The van der Waals surface area contributed by atoms with Gasteiger partial charge in [0, 0.05) is 6.54 Å². The Morgan fingerprint density at radius 1 is 0.952 bits per heavy atom. The number of hydrogen-bond donors (Lipinski definition) is 0. The molecule has 2 aromatic rings. The molecular formula is C17H14FNO2. The highest BCUT2D eigenvalue weighted by Crippen LogP contribution is 2.31. The van der Waals surface area contributed by atoms with Crippen LogP contribution in [0.5, 0.6) is 0 Å². The van der Waals surface area contributed by atoms with Gasteiger partial charge in [-0.15, -0.1) is 0 Å². The number of nitrogens with zero attached hydrogens (tertiary/aromatic N) is 1. The van der Waals surface area contributed by atoms with Crippen LogP contribution in [-0.4, -0.2) is 18.2 Å². The molecule has 0 saturated heterocycles. The molecule has 21 heavy (non-hydrogen) atoms. The van der Waals surface area contributed by atoms with Crippen LogP contribution in [0.4, 0.5) is 10.1 Å². The molecule has 0 unspecified atom stereocenters. The summed E-state index contributed by atoms with van der Waals surface area (Å²) in [6.45, 7) is 0.341. The summed E-state index contributed by atoms with van der Waals surface area (Å²) in [5.74, 6) is -1.78. The summed E-state index contributed by atoms with van der Waals surface area (Å²) in [4.78, 5) is 25.1. The molecule has 0 saturated carbocycles. The topological polar surface area (TPSA) is 37.4 Å². The van der Waals surface area contributed by atoms with Crippen molar-refractivity contribution in [1.29, 1.82) is 0 Å². The molecule has 1 heterocycles. The van der Waals surface area contributed by atoms with Crippen LogP contribution in [0, 0.1) is 5.82 Å². The highest BCUT2D eigenvalue weighted by molar-refractivity contribution is 6.52. The van der Waals surface area contributed by atoms with Crippen molar-refractivity contribution in [3.63, 3.8) is 0 Å². The van der Waals surface area contributed by atoms with E-state index in [1.165, 1.54) is 23.1 Å². The summed E-state index contributed by atoms with van der Waals surface area (Å²) in [5, 5.41) is 0. The number of Topliss-reactive ketones (excluding diaryl/α,β-unsaturated/α-hetero) is 1. The zero-order chi connectivity index (χ0) is 14.8. The third kappa shape index (κ3) is 2.44. The monoisotopic (exact) mass is 283 g/mol. The number of fused-ring (bicyclic) bond motifs is 1. The number of ketones is 1. The molecule has 1 aliphatic heterocycles. The van der Waals surface area contributed by atoms with Crippen LogP contribution >= 0.6 is 0 Å². The van der Waals surface area contributed by atoms with Crippen molar-refractivity contribution in [2.45, 2.75) is 12.8 Å². The van der Waals surface area contributed by atoms with Gasteiger partial charge in [0.15, 0.2) is 0 Å². The minimum absolute atomic E-state index is 0.126. The van der Waals surface area contributed by atoms with Gasteiger partial charge in [-0.1, -0.05) is 36.4 Å². The van der Waals surface area contributed by atoms with Crippen LogP contribution in [0.1, 0.15) is 22.3 Å². The SMILES string of the molecule is O=C1C(=O)N(CCCc2ccccc2)c2c(F)cccc21. The standard InChI is InChI=1S/C17H14FNO2/c18-14-10-4-9-13-15(14)19(17(21)16(13)20)11-5-8-12-6-2-1-3-7-12/h1-4,6-7,9-10H,5,8,11H2. The van der Waals surface area contributed by atoms with Gasteiger partial charge in [-0.2, -0.15) is 0 Å². The fourth-order valence-corrected chi connectivity index (χ4v) is 2.61. The third-order valence-corrected chi connectivity index (χ3v) is 3.63. The Morgan fingerprint density at radius 3 is 2.48 bits per heavy atom. The Bertz CT molecular complexity index is 697. The first-order valence-corrected chi connectivity index (χ1v) is 6.87. The predicted octanol–water partition coefficient (Wildman–Crippen LogP) is 2.99. The van der Waals surface area contributed by atoms with Gasteiger partial charge in [0.25, 0.3) is 11.7 Å². The highest BCUT2D eigenvalue weighted by atomic mass is 19.1. The maximum absolute atomic E-state index is 13.9. The molecule has 0 radical (unpaired) electrons. The quantitative estimate of drug-likeness (QED) is 0.809. The third-order valence-electron chi connectivity index (χ3n) is 3.63. The zero-order valence-electron chi connectivity index (χ0n) is 11.4. The Balaban J connectivity index is 1.75. The molecule has 0 bridgehead atoms. The number of hydrogen-bond acceptors (Lipinski definition) is 2. The number of carbonyl (C=O) groups excluding carboxylic acids is 2. The van der Waals surface area contributed by atoms with E-state index in [9.17, 15) is 14.0 Å². The molecule has 0 spiro atoms. The van der Waals surface area contributed by atoms with Crippen molar-refractivity contribution < 1.29 is 14.0 Å². The average molecular weight is 283 g/mol. The van der Waals surface area contributed by atoms with E-state index < -0.39 is 17.5 Å². The molecule has 0 aromatic heterocycles. The molecule has 0 fully saturated rings. The van der Waals surface area contributed by atoms with Crippen molar-refractivity contribution in [2.75, 3.05) is 11.4 Å². The van der Waals surface area contributed by atoms with Crippen LogP contribution in [0.15, 0.2) is 48.5 Å². The van der Waals surface area contributed by atoms with Gasteiger partial charge in [0.2, 0.25) is 0 Å². The van der Waals surface area contributed by atoms with Gasteiger partial charge in [0.05, 0.1) is 11.3 Å². The van der Waals surface area contributed by atoms with E-state index in [4.69, 9.17) is 0 Å². The van der Waals surface area contributed by atoms with Crippen molar-refractivity contribution in [1.82, 2.24) is 0 Å². The van der Waals surface area contributed by atoms with E-state index in [2.05, 4.69) is 0 Å².